The minimum Gasteiger partial charge on any atom is -0.352 e. The molecule has 0 aliphatic carbocycles. The highest BCUT2D eigenvalue weighted by Gasteiger charge is 2.26. The fourth-order valence-corrected chi connectivity index (χ4v) is 4.24. The van der Waals surface area contributed by atoms with Gasteiger partial charge in [-0.3, -0.25) is 9.48 Å². The van der Waals surface area contributed by atoms with Gasteiger partial charge in [-0.05, 0) is 26.8 Å². The van der Waals surface area contributed by atoms with Gasteiger partial charge in [0.2, 0.25) is 0 Å². The molecule has 7 nitrogen and oxygen atoms in total. The molecule has 3 aromatic rings. The van der Waals surface area contributed by atoms with Crippen LogP contribution in [0.3, 0.4) is 0 Å². The van der Waals surface area contributed by atoms with Crippen molar-refractivity contribution in [1.29, 1.82) is 0 Å². The Bertz CT molecular complexity index is 954. The number of rotatable bonds is 3. The molecule has 0 bridgehead atoms. The second kappa shape index (κ2) is 6.68. The first-order valence-electron chi connectivity index (χ1n) is 8.86. The summed E-state index contributed by atoms with van der Waals surface area (Å²) in [6.45, 7) is 9.69. The maximum atomic E-state index is 12.8. The molecule has 136 valence electrons. The number of nitrogens with zero attached hydrogens (tertiary/aromatic N) is 6. The largest absolute Gasteiger partial charge is 0.352 e. The van der Waals surface area contributed by atoms with Crippen molar-refractivity contribution in [3.05, 3.63) is 34.7 Å². The normalized spacial score (nSPS) is 15.0. The number of carbonyl (C=O) groups excluding carboxylic acids is 1. The standard InChI is InChI=1S/C18H22N6OS/c1-4-24-10-15(13(3)21-24)18(25)23-7-5-22(6-8-23)16-14-9-12(2)26-17(14)20-11-19-16/h9-11H,4-8H2,1-3H3. The lowest BCUT2D eigenvalue weighted by molar-refractivity contribution is 0.0746. The first-order chi connectivity index (χ1) is 12.6. The van der Waals surface area contributed by atoms with Gasteiger partial charge in [-0.25, -0.2) is 9.97 Å². The first kappa shape index (κ1) is 17.0. The predicted octanol–water partition coefficient (Wildman–Crippen LogP) is 2.49. The van der Waals surface area contributed by atoms with Crippen molar-refractivity contribution in [1.82, 2.24) is 24.6 Å². The number of piperazine rings is 1. The second-order valence-corrected chi connectivity index (χ2v) is 7.77. The predicted molar refractivity (Wildman–Crippen MR) is 103 cm³/mol. The fraction of sp³-hybridized carbons (Fsp3) is 0.444. The van der Waals surface area contributed by atoms with Crippen molar-refractivity contribution >= 4 is 33.3 Å². The zero-order valence-electron chi connectivity index (χ0n) is 15.3. The minimum absolute atomic E-state index is 0.0704. The Labute approximate surface area is 156 Å². The van der Waals surface area contributed by atoms with Crippen molar-refractivity contribution in [3.63, 3.8) is 0 Å². The number of carbonyl (C=O) groups is 1. The number of amides is 1. The van der Waals surface area contributed by atoms with Gasteiger partial charge in [0, 0.05) is 43.8 Å². The second-order valence-electron chi connectivity index (χ2n) is 6.54. The maximum Gasteiger partial charge on any atom is 0.257 e. The summed E-state index contributed by atoms with van der Waals surface area (Å²) < 4.78 is 1.81. The molecule has 0 spiro atoms. The van der Waals surface area contributed by atoms with Crippen LogP contribution >= 0.6 is 11.3 Å². The van der Waals surface area contributed by atoms with E-state index >= 15 is 0 Å². The molecule has 0 aromatic carbocycles. The Morgan fingerprint density at radius 3 is 2.65 bits per heavy atom. The molecule has 3 aromatic heterocycles. The third-order valence-electron chi connectivity index (χ3n) is 4.80. The van der Waals surface area contributed by atoms with Gasteiger partial charge in [0.05, 0.1) is 16.6 Å². The van der Waals surface area contributed by atoms with Gasteiger partial charge in [0.15, 0.2) is 0 Å². The number of thiophene rings is 1. The van der Waals surface area contributed by atoms with Crippen LogP contribution in [0.2, 0.25) is 0 Å². The molecular formula is C18H22N6OS. The summed E-state index contributed by atoms with van der Waals surface area (Å²) in [5.74, 6) is 1.04. The van der Waals surface area contributed by atoms with E-state index in [-0.39, 0.29) is 5.91 Å². The van der Waals surface area contributed by atoms with Crippen LogP contribution < -0.4 is 4.90 Å². The summed E-state index contributed by atoms with van der Waals surface area (Å²) >= 11 is 1.69. The molecule has 1 saturated heterocycles. The van der Waals surface area contributed by atoms with Crippen molar-refractivity contribution in [2.45, 2.75) is 27.3 Å². The summed E-state index contributed by atoms with van der Waals surface area (Å²) in [4.78, 5) is 28.1. The highest BCUT2D eigenvalue weighted by molar-refractivity contribution is 7.18. The molecular weight excluding hydrogens is 348 g/mol. The summed E-state index contributed by atoms with van der Waals surface area (Å²) in [6, 6.07) is 2.15. The molecule has 0 atom stereocenters. The summed E-state index contributed by atoms with van der Waals surface area (Å²) in [5, 5.41) is 5.49. The van der Waals surface area contributed by atoms with Crippen LogP contribution in [0.5, 0.6) is 0 Å². The Morgan fingerprint density at radius 1 is 1.19 bits per heavy atom. The Hall–Kier alpha value is -2.48. The third-order valence-corrected chi connectivity index (χ3v) is 5.76. The molecule has 0 unspecified atom stereocenters. The third kappa shape index (κ3) is 2.94. The van der Waals surface area contributed by atoms with Crippen LogP contribution in [0.1, 0.15) is 27.9 Å². The van der Waals surface area contributed by atoms with E-state index < -0.39 is 0 Å². The van der Waals surface area contributed by atoms with Gasteiger partial charge in [0.25, 0.3) is 5.91 Å². The number of hydrogen-bond acceptors (Lipinski definition) is 6. The molecule has 0 radical (unpaired) electrons. The molecule has 8 heteroatoms. The lowest BCUT2D eigenvalue weighted by Gasteiger charge is -2.35. The van der Waals surface area contributed by atoms with E-state index in [1.165, 1.54) is 4.88 Å². The van der Waals surface area contributed by atoms with E-state index in [2.05, 4.69) is 33.0 Å². The van der Waals surface area contributed by atoms with Gasteiger partial charge >= 0.3 is 0 Å². The fourth-order valence-electron chi connectivity index (χ4n) is 3.40. The molecule has 4 heterocycles. The number of fused-ring (bicyclic) bond motifs is 1. The van der Waals surface area contributed by atoms with Crippen molar-refractivity contribution < 1.29 is 4.79 Å². The summed E-state index contributed by atoms with van der Waals surface area (Å²) in [5.41, 5.74) is 1.50. The van der Waals surface area contributed by atoms with Gasteiger partial charge in [-0.1, -0.05) is 0 Å². The number of anilines is 1. The van der Waals surface area contributed by atoms with Crippen LogP contribution in [-0.2, 0) is 6.54 Å². The van der Waals surface area contributed by atoms with E-state index in [1.807, 2.05) is 29.6 Å². The SMILES string of the molecule is CCn1cc(C(=O)N2CCN(c3ncnc4sc(C)cc34)CC2)c(C)n1. The van der Waals surface area contributed by atoms with Crippen LogP contribution in [0, 0.1) is 13.8 Å². The lowest BCUT2D eigenvalue weighted by atomic mass is 10.2. The van der Waals surface area contributed by atoms with Gasteiger partial charge in [-0.2, -0.15) is 5.10 Å². The highest BCUT2D eigenvalue weighted by atomic mass is 32.1. The van der Waals surface area contributed by atoms with E-state index in [0.29, 0.717) is 18.7 Å². The van der Waals surface area contributed by atoms with Gasteiger partial charge in [0.1, 0.15) is 17.0 Å². The highest BCUT2D eigenvalue weighted by Crippen LogP contribution is 2.30. The van der Waals surface area contributed by atoms with Crippen LogP contribution in [0.25, 0.3) is 10.2 Å². The van der Waals surface area contributed by atoms with E-state index in [0.717, 1.165) is 41.4 Å². The van der Waals surface area contributed by atoms with Crippen LogP contribution in [-0.4, -0.2) is 56.7 Å². The maximum absolute atomic E-state index is 12.8. The average Bonchev–Trinajstić information content (AvgIpc) is 3.22. The zero-order valence-corrected chi connectivity index (χ0v) is 16.1. The quantitative estimate of drug-likeness (QED) is 0.709. The van der Waals surface area contributed by atoms with Crippen molar-refractivity contribution in [3.8, 4) is 0 Å². The van der Waals surface area contributed by atoms with Crippen LogP contribution in [0.4, 0.5) is 5.82 Å². The molecule has 1 amide bonds. The number of hydrogen-bond donors (Lipinski definition) is 0. The molecule has 26 heavy (non-hydrogen) atoms. The van der Waals surface area contributed by atoms with Crippen LogP contribution in [0.15, 0.2) is 18.6 Å². The zero-order chi connectivity index (χ0) is 18.3. The Morgan fingerprint density at radius 2 is 1.96 bits per heavy atom. The van der Waals surface area contributed by atoms with E-state index in [9.17, 15) is 4.79 Å². The topological polar surface area (TPSA) is 67.2 Å². The summed E-state index contributed by atoms with van der Waals surface area (Å²) in [6.07, 6.45) is 3.49. The van der Waals surface area contributed by atoms with Crippen molar-refractivity contribution in [2.24, 2.45) is 0 Å². The molecule has 4 rings (SSSR count). The smallest absolute Gasteiger partial charge is 0.257 e. The monoisotopic (exact) mass is 370 g/mol. The van der Waals surface area contributed by atoms with E-state index in [1.54, 1.807) is 17.7 Å². The molecule has 0 N–H and O–H groups in total. The Balaban J connectivity index is 1.50. The molecule has 1 aliphatic rings. The first-order valence-corrected chi connectivity index (χ1v) is 9.68. The van der Waals surface area contributed by atoms with E-state index in [4.69, 9.17) is 0 Å². The molecule has 1 aliphatic heterocycles. The minimum atomic E-state index is 0.0704. The average molecular weight is 370 g/mol. The lowest BCUT2D eigenvalue weighted by Crippen LogP contribution is -2.49. The molecule has 1 fully saturated rings. The molecule has 0 saturated carbocycles. The Kier molecular flexibility index (Phi) is 4.36. The van der Waals surface area contributed by atoms with Gasteiger partial charge < -0.3 is 9.80 Å². The van der Waals surface area contributed by atoms with Crippen molar-refractivity contribution in [2.75, 3.05) is 31.1 Å². The summed E-state index contributed by atoms with van der Waals surface area (Å²) in [7, 11) is 0. The van der Waals surface area contributed by atoms with Gasteiger partial charge in [-0.15, -0.1) is 11.3 Å². The number of aromatic nitrogens is 4. The number of aryl methyl sites for hydroxylation is 3.